The van der Waals surface area contributed by atoms with Gasteiger partial charge in [-0.1, -0.05) is 0 Å². The molecule has 1 aromatic heterocycles. The Morgan fingerprint density at radius 1 is 1.48 bits per heavy atom. The van der Waals surface area contributed by atoms with Crippen LogP contribution in [0.2, 0.25) is 0 Å². The van der Waals surface area contributed by atoms with Crippen molar-refractivity contribution in [3.63, 3.8) is 0 Å². The van der Waals surface area contributed by atoms with Crippen LogP contribution in [0.25, 0.3) is 0 Å². The number of carbonyl (C=O) groups is 1. The molecule has 0 bridgehead atoms. The van der Waals surface area contributed by atoms with Gasteiger partial charge in [0.25, 0.3) is 0 Å². The van der Waals surface area contributed by atoms with Crippen molar-refractivity contribution in [2.45, 2.75) is 50.1 Å². The van der Waals surface area contributed by atoms with Gasteiger partial charge < -0.3 is 9.84 Å². The summed E-state index contributed by atoms with van der Waals surface area (Å²) in [5.41, 5.74) is -0.0979. The fourth-order valence-corrected chi connectivity index (χ4v) is 4.54. The molecule has 3 heterocycles. The molecule has 2 aliphatic rings. The first-order valence-electron chi connectivity index (χ1n) is 8.92. The molecule has 0 aromatic carbocycles. The van der Waals surface area contributed by atoms with Gasteiger partial charge in [-0.15, -0.1) is 11.3 Å². The first-order chi connectivity index (χ1) is 13.4. The predicted molar refractivity (Wildman–Crippen MR) is 100 cm³/mol. The minimum atomic E-state index is -5.08. The number of aromatic nitrogens is 1. The molecule has 0 amide bonds. The number of nitrogens with one attached hydrogen (secondary N) is 1. The minimum absolute atomic E-state index is 0.0108. The summed E-state index contributed by atoms with van der Waals surface area (Å²) in [6, 6.07) is 0. The maximum atomic E-state index is 11.2. The molecule has 0 saturated carbocycles. The van der Waals surface area contributed by atoms with E-state index in [0.717, 1.165) is 50.3 Å². The Morgan fingerprint density at radius 2 is 2.17 bits per heavy atom. The van der Waals surface area contributed by atoms with Crippen molar-refractivity contribution in [3.8, 4) is 0 Å². The molecular formula is C16H24F3N3O5S2. The lowest BCUT2D eigenvalue weighted by Gasteiger charge is -2.38. The zero-order valence-corrected chi connectivity index (χ0v) is 17.4. The number of thiazole rings is 1. The van der Waals surface area contributed by atoms with Crippen molar-refractivity contribution in [2.75, 3.05) is 25.9 Å². The van der Waals surface area contributed by atoms with E-state index in [2.05, 4.69) is 14.6 Å². The molecular weight excluding hydrogens is 435 g/mol. The third-order valence-electron chi connectivity index (χ3n) is 4.63. The van der Waals surface area contributed by atoms with Crippen molar-refractivity contribution < 1.29 is 36.2 Å². The summed E-state index contributed by atoms with van der Waals surface area (Å²) < 4.78 is 63.1. The van der Waals surface area contributed by atoms with Crippen LogP contribution in [0.3, 0.4) is 0 Å². The van der Waals surface area contributed by atoms with Crippen LogP contribution in [-0.2, 0) is 26.1 Å². The van der Waals surface area contributed by atoms with Crippen molar-refractivity contribution in [1.82, 2.24) is 14.6 Å². The molecule has 0 unspecified atom stereocenters. The highest BCUT2D eigenvalue weighted by Crippen LogP contribution is 2.37. The van der Waals surface area contributed by atoms with Gasteiger partial charge in [-0.25, -0.2) is 22.9 Å². The second-order valence-electron chi connectivity index (χ2n) is 7.13. The standard InChI is InChI=1S/C14H23N3O3S2.C2HF3O2/c1-22(18,19)16-9-12-3-2-4-14(20-12)5-7-17(11-14)10-13-15-6-8-21-13;3-2(4,5)1(6)7/h6,8,12,16H,2-5,7,9-11H2,1H3;(H,6,7)/t12-,14-;/m1./s1. The molecule has 2 atom stereocenters. The number of halogens is 3. The first kappa shape index (κ1) is 24.0. The van der Waals surface area contributed by atoms with Crippen LogP contribution < -0.4 is 4.72 Å². The van der Waals surface area contributed by atoms with Crippen LogP contribution in [0.5, 0.6) is 0 Å². The number of aliphatic carboxylic acids is 1. The number of hydrogen-bond acceptors (Lipinski definition) is 7. The topological polar surface area (TPSA) is 109 Å². The molecule has 8 nitrogen and oxygen atoms in total. The Morgan fingerprint density at radius 3 is 2.72 bits per heavy atom. The quantitative estimate of drug-likeness (QED) is 0.692. The molecule has 1 aromatic rings. The first-order valence-corrected chi connectivity index (χ1v) is 11.7. The van der Waals surface area contributed by atoms with Gasteiger partial charge in [0, 0.05) is 31.2 Å². The average molecular weight is 460 g/mol. The smallest absolute Gasteiger partial charge is 0.475 e. The second kappa shape index (κ2) is 9.69. The highest BCUT2D eigenvalue weighted by atomic mass is 32.2. The normalized spacial score (nSPS) is 25.6. The number of nitrogens with zero attached hydrogens (tertiary/aromatic N) is 2. The molecule has 166 valence electrons. The number of alkyl halides is 3. The van der Waals surface area contributed by atoms with Gasteiger partial charge >= 0.3 is 12.1 Å². The number of carboxylic acid groups (broad SMARTS) is 1. The zero-order chi connectivity index (χ0) is 21.7. The molecule has 2 fully saturated rings. The van der Waals surface area contributed by atoms with Crippen molar-refractivity contribution >= 4 is 27.3 Å². The lowest BCUT2D eigenvalue weighted by Crippen LogP contribution is -2.46. The number of carboxylic acids is 1. The summed E-state index contributed by atoms with van der Waals surface area (Å²) in [5.74, 6) is -2.76. The summed E-state index contributed by atoms with van der Waals surface area (Å²) >= 11 is 1.69. The minimum Gasteiger partial charge on any atom is -0.475 e. The van der Waals surface area contributed by atoms with E-state index >= 15 is 0 Å². The summed E-state index contributed by atoms with van der Waals surface area (Å²) in [4.78, 5) is 15.6. The summed E-state index contributed by atoms with van der Waals surface area (Å²) in [5, 5.41) is 10.3. The van der Waals surface area contributed by atoms with Crippen molar-refractivity contribution in [1.29, 1.82) is 0 Å². The Labute approximate surface area is 171 Å². The summed E-state index contributed by atoms with van der Waals surface area (Å²) in [6.45, 7) is 3.20. The van der Waals surface area contributed by atoms with Crippen LogP contribution in [0, 0.1) is 0 Å². The fraction of sp³-hybridized carbons (Fsp3) is 0.750. The predicted octanol–water partition coefficient (Wildman–Crippen LogP) is 1.84. The molecule has 2 N–H and O–H groups in total. The largest absolute Gasteiger partial charge is 0.490 e. The monoisotopic (exact) mass is 459 g/mol. The SMILES string of the molecule is CS(=O)(=O)NC[C@H]1CCC[C@]2(CCN(Cc3nccs3)C2)O1.O=C(O)C(F)(F)F. The fourth-order valence-electron chi connectivity index (χ4n) is 3.40. The van der Waals surface area contributed by atoms with Crippen LogP contribution in [0.15, 0.2) is 11.6 Å². The maximum absolute atomic E-state index is 11.2. The summed E-state index contributed by atoms with van der Waals surface area (Å²) in [6.07, 6.45) is 2.05. The van der Waals surface area contributed by atoms with Crippen LogP contribution >= 0.6 is 11.3 Å². The van der Waals surface area contributed by atoms with Crippen molar-refractivity contribution in [2.24, 2.45) is 0 Å². The molecule has 0 radical (unpaired) electrons. The van der Waals surface area contributed by atoms with Gasteiger partial charge in [-0.3, -0.25) is 4.90 Å². The van der Waals surface area contributed by atoms with E-state index in [1.54, 1.807) is 11.3 Å². The molecule has 2 saturated heterocycles. The summed E-state index contributed by atoms with van der Waals surface area (Å²) in [7, 11) is -3.15. The highest BCUT2D eigenvalue weighted by Gasteiger charge is 2.43. The molecule has 13 heteroatoms. The number of sulfonamides is 1. The van der Waals surface area contributed by atoms with Gasteiger partial charge in [0.1, 0.15) is 5.01 Å². The third-order valence-corrected chi connectivity index (χ3v) is 6.08. The van der Waals surface area contributed by atoms with E-state index in [0.29, 0.717) is 6.54 Å². The van der Waals surface area contributed by atoms with Gasteiger partial charge in [0.05, 0.1) is 24.5 Å². The van der Waals surface area contributed by atoms with Crippen LogP contribution in [-0.4, -0.2) is 73.1 Å². The molecule has 29 heavy (non-hydrogen) atoms. The zero-order valence-electron chi connectivity index (χ0n) is 15.8. The van der Waals surface area contributed by atoms with E-state index in [9.17, 15) is 21.6 Å². The Hall–Kier alpha value is -1.28. The van der Waals surface area contributed by atoms with Crippen LogP contribution in [0.4, 0.5) is 13.2 Å². The average Bonchev–Trinajstić information content (AvgIpc) is 3.23. The molecule has 1 spiro atoms. The second-order valence-corrected chi connectivity index (χ2v) is 9.94. The highest BCUT2D eigenvalue weighted by molar-refractivity contribution is 7.88. The number of ether oxygens (including phenoxy) is 1. The van der Waals surface area contributed by atoms with E-state index in [1.807, 2.05) is 11.6 Å². The Kier molecular flexibility index (Phi) is 8.01. The van der Waals surface area contributed by atoms with Crippen LogP contribution in [0.1, 0.15) is 30.7 Å². The van der Waals surface area contributed by atoms with Crippen molar-refractivity contribution in [3.05, 3.63) is 16.6 Å². The van der Waals surface area contributed by atoms with E-state index in [1.165, 1.54) is 6.26 Å². The van der Waals surface area contributed by atoms with Gasteiger partial charge in [-0.2, -0.15) is 13.2 Å². The third kappa shape index (κ3) is 8.16. The number of rotatable bonds is 5. The number of hydrogen-bond donors (Lipinski definition) is 2. The lowest BCUT2D eigenvalue weighted by molar-refractivity contribution is -0.192. The van der Waals surface area contributed by atoms with Gasteiger partial charge in [-0.05, 0) is 25.7 Å². The molecule has 3 rings (SSSR count). The van der Waals surface area contributed by atoms with E-state index in [4.69, 9.17) is 14.6 Å². The Bertz CT molecular complexity index is 773. The van der Waals surface area contributed by atoms with Gasteiger partial charge in [0.2, 0.25) is 10.0 Å². The van der Waals surface area contributed by atoms with E-state index in [-0.39, 0.29) is 11.7 Å². The molecule has 2 aliphatic heterocycles. The van der Waals surface area contributed by atoms with Gasteiger partial charge in [0.15, 0.2) is 0 Å². The Balaban J connectivity index is 0.000000370. The number of likely N-dealkylation sites (tertiary alicyclic amines) is 1. The lowest BCUT2D eigenvalue weighted by atomic mass is 9.90. The maximum Gasteiger partial charge on any atom is 0.490 e. The molecule has 0 aliphatic carbocycles. The van der Waals surface area contributed by atoms with E-state index < -0.39 is 22.2 Å².